The zero-order valence-corrected chi connectivity index (χ0v) is 12.1. The Kier molecular flexibility index (Phi) is 6.67. The Balaban J connectivity index is 2.68. The van der Waals surface area contributed by atoms with Gasteiger partial charge in [-0.15, -0.1) is 0 Å². The first-order valence-electron chi connectivity index (χ1n) is 7.33. The van der Waals surface area contributed by atoms with Crippen LogP contribution < -0.4 is 5.73 Å². The number of amidine groups is 1. The molecule has 0 saturated heterocycles. The fourth-order valence-electron chi connectivity index (χ4n) is 2.66. The van der Waals surface area contributed by atoms with Gasteiger partial charge in [0.2, 0.25) is 5.91 Å². The number of rotatable bonds is 4. The Hall–Kier alpha value is -1.26. The average molecular weight is 269 g/mol. The Morgan fingerprint density at radius 1 is 1.26 bits per heavy atom. The van der Waals surface area contributed by atoms with Crippen molar-refractivity contribution in [1.29, 1.82) is 0 Å². The van der Waals surface area contributed by atoms with E-state index >= 15 is 0 Å². The average Bonchev–Trinajstić information content (AvgIpc) is 2.34. The number of hydrogen-bond donors (Lipinski definition) is 2. The van der Waals surface area contributed by atoms with Crippen LogP contribution in [-0.2, 0) is 4.79 Å². The van der Waals surface area contributed by atoms with Gasteiger partial charge in [0, 0.05) is 12.0 Å². The fraction of sp³-hybridized carbons (Fsp3) is 0.857. The fourth-order valence-corrected chi connectivity index (χ4v) is 2.66. The third kappa shape index (κ3) is 5.09. The molecule has 0 aromatic rings. The minimum Gasteiger partial charge on any atom is -0.409 e. The summed E-state index contributed by atoms with van der Waals surface area (Å²) in [4.78, 5) is 14.3. The highest BCUT2D eigenvalue weighted by atomic mass is 16.4. The minimum absolute atomic E-state index is 0.0678. The summed E-state index contributed by atoms with van der Waals surface area (Å²) in [6, 6.07) is 0.0678. The first-order chi connectivity index (χ1) is 9.06. The molecule has 0 aromatic heterocycles. The molecule has 0 aliphatic heterocycles. The maximum absolute atomic E-state index is 12.6. The summed E-state index contributed by atoms with van der Waals surface area (Å²) in [7, 11) is 0. The summed E-state index contributed by atoms with van der Waals surface area (Å²) in [6.07, 6.45) is 7.95. The van der Waals surface area contributed by atoms with Crippen LogP contribution in [0.25, 0.3) is 0 Å². The van der Waals surface area contributed by atoms with Crippen molar-refractivity contribution in [3.8, 4) is 0 Å². The van der Waals surface area contributed by atoms with Crippen molar-refractivity contribution < 1.29 is 10.0 Å². The number of nitrogens with zero attached hydrogens (tertiary/aromatic N) is 2. The van der Waals surface area contributed by atoms with Crippen LogP contribution in [-0.4, -0.2) is 34.4 Å². The van der Waals surface area contributed by atoms with Gasteiger partial charge >= 0.3 is 0 Å². The zero-order valence-electron chi connectivity index (χ0n) is 12.1. The van der Waals surface area contributed by atoms with Crippen molar-refractivity contribution in [2.45, 2.75) is 64.8 Å². The molecule has 0 radical (unpaired) electrons. The molecule has 0 atom stereocenters. The van der Waals surface area contributed by atoms with Gasteiger partial charge in [0.15, 0.2) is 5.84 Å². The van der Waals surface area contributed by atoms with E-state index in [-0.39, 0.29) is 30.2 Å². The van der Waals surface area contributed by atoms with Gasteiger partial charge in [0.1, 0.15) is 0 Å². The number of hydrogen-bond acceptors (Lipinski definition) is 3. The monoisotopic (exact) mass is 269 g/mol. The van der Waals surface area contributed by atoms with Crippen molar-refractivity contribution >= 4 is 11.7 Å². The molecule has 5 heteroatoms. The van der Waals surface area contributed by atoms with Crippen molar-refractivity contribution in [3.63, 3.8) is 0 Å². The number of carbonyl (C=O) groups excluding carboxylic acids is 1. The van der Waals surface area contributed by atoms with E-state index in [1.54, 1.807) is 4.90 Å². The third-order valence-corrected chi connectivity index (χ3v) is 3.82. The maximum atomic E-state index is 12.6. The molecule has 5 nitrogen and oxygen atoms in total. The van der Waals surface area contributed by atoms with Crippen LogP contribution >= 0.6 is 0 Å². The van der Waals surface area contributed by atoms with E-state index in [4.69, 9.17) is 10.9 Å². The number of amides is 1. The smallest absolute Gasteiger partial charge is 0.226 e. The van der Waals surface area contributed by atoms with Gasteiger partial charge < -0.3 is 15.8 Å². The summed E-state index contributed by atoms with van der Waals surface area (Å²) in [5, 5.41) is 11.6. The van der Waals surface area contributed by atoms with E-state index in [2.05, 4.69) is 5.16 Å². The molecular formula is C14H27N3O2. The lowest BCUT2D eigenvalue weighted by Gasteiger charge is -2.31. The van der Waals surface area contributed by atoms with Crippen LogP contribution in [0.1, 0.15) is 58.8 Å². The Morgan fingerprint density at radius 3 is 2.26 bits per heavy atom. The molecule has 1 fully saturated rings. The molecule has 1 aliphatic carbocycles. The standard InChI is InChI=1S/C14H27N3O2/c1-11(2)17(10-13(15)16-19)14(18)12-8-6-4-3-5-7-9-12/h11-12,19H,3-10H2,1-2H3,(H2,15,16). The first kappa shape index (κ1) is 15.8. The summed E-state index contributed by atoms with van der Waals surface area (Å²) >= 11 is 0. The largest absolute Gasteiger partial charge is 0.409 e. The van der Waals surface area contributed by atoms with E-state index in [0.717, 1.165) is 25.7 Å². The van der Waals surface area contributed by atoms with E-state index in [1.807, 2.05) is 13.8 Å². The summed E-state index contributed by atoms with van der Waals surface area (Å²) < 4.78 is 0. The van der Waals surface area contributed by atoms with Gasteiger partial charge in [-0.1, -0.05) is 37.3 Å². The highest BCUT2D eigenvalue weighted by molar-refractivity contribution is 5.87. The van der Waals surface area contributed by atoms with Crippen LogP contribution in [0.15, 0.2) is 5.16 Å². The molecule has 3 N–H and O–H groups in total. The predicted molar refractivity (Wildman–Crippen MR) is 76.1 cm³/mol. The zero-order chi connectivity index (χ0) is 14.3. The second-order valence-electron chi connectivity index (χ2n) is 5.69. The van der Waals surface area contributed by atoms with Crippen molar-refractivity contribution in [3.05, 3.63) is 0 Å². The normalized spacial score (nSPS) is 19.0. The van der Waals surface area contributed by atoms with Gasteiger partial charge in [0.25, 0.3) is 0 Å². The van der Waals surface area contributed by atoms with Gasteiger partial charge in [-0.3, -0.25) is 4.79 Å². The Bertz CT molecular complexity index is 308. The Morgan fingerprint density at radius 2 is 1.79 bits per heavy atom. The van der Waals surface area contributed by atoms with E-state index in [0.29, 0.717) is 0 Å². The summed E-state index contributed by atoms with van der Waals surface area (Å²) in [5.74, 6) is 0.352. The van der Waals surface area contributed by atoms with Crippen molar-refractivity contribution in [2.75, 3.05) is 6.54 Å². The van der Waals surface area contributed by atoms with Crippen LogP contribution in [0.5, 0.6) is 0 Å². The number of nitrogens with two attached hydrogens (primary N) is 1. The summed E-state index contributed by atoms with van der Waals surface area (Å²) in [5.41, 5.74) is 5.54. The van der Waals surface area contributed by atoms with E-state index in [9.17, 15) is 4.79 Å². The molecule has 0 heterocycles. The van der Waals surface area contributed by atoms with Gasteiger partial charge in [-0.25, -0.2) is 0 Å². The topological polar surface area (TPSA) is 78.9 Å². The van der Waals surface area contributed by atoms with Gasteiger partial charge in [0.05, 0.1) is 6.54 Å². The predicted octanol–water partition coefficient (Wildman–Crippen LogP) is 2.33. The third-order valence-electron chi connectivity index (χ3n) is 3.82. The molecule has 0 aromatic carbocycles. The SMILES string of the molecule is CC(C)N(CC(N)=NO)C(=O)C1CCCCCCC1. The molecule has 0 unspecified atom stereocenters. The van der Waals surface area contributed by atoms with E-state index in [1.165, 1.54) is 19.3 Å². The lowest BCUT2D eigenvalue weighted by molar-refractivity contribution is -0.137. The molecular weight excluding hydrogens is 242 g/mol. The second kappa shape index (κ2) is 8.02. The highest BCUT2D eigenvalue weighted by Gasteiger charge is 2.26. The van der Waals surface area contributed by atoms with Crippen molar-refractivity contribution in [1.82, 2.24) is 4.90 Å². The maximum Gasteiger partial charge on any atom is 0.226 e. The van der Waals surface area contributed by atoms with Crippen LogP contribution in [0.4, 0.5) is 0 Å². The molecule has 1 aliphatic rings. The molecule has 0 spiro atoms. The lowest BCUT2D eigenvalue weighted by Crippen LogP contribution is -2.45. The quantitative estimate of drug-likeness (QED) is 0.356. The molecule has 19 heavy (non-hydrogen) atoms. The van der Waals surface area contributed by atoms with E-state index < -0.39 is 0 Å². The molecule has 110 valence electrons. The van der Waals surface area contributed by atoms with Gasteiger partial charge in [-0.05, 0) is 26.7 Å². The van der Waals surface area contributed by atoms with Crippen molar-refractivity contribution in [2.24, 2.45) is 16.8 Å². The van der Waals surface area contributed by atoms with Gasteiger partial charge in [-0.2, -0.15) is 0 Å². The van der Waals surface area contributed by atoms with Crippen LogP contribution in [0.2, 0.25) is 0 Å². The highest BCUT2D eigenvalue weighted by Crippen LogP contribution is 2.24. The summed E-state index contributed by atoms with van der Waals surface area (Å²) in [6.45, 7) is 4.14. The second-order valence-corrected chi connectivity index (χ2v) is 5.69. The lowest BCUT2D eigenvalue weighted by atomic mass is 9.90. The molecule has 1 rings (SSSR count). The Labute approximate surface area is 115 Å². The number of oxime groups is 1. The first-order valence-corrected chi connectivity index (χ1v) is 7.33. The van der Waals surface area contributed by atoms with Crippen LogP contribution in [0, 0.1) is 5.92 Å². The van der Waals surface area contributed by atoms with Crippen LogP contribution in [0.3, 0.4) is 0 Å². The molecule has 1 saturated carbocycles. The molecule has 1 amide bonds. The molecule has 0 bridgehead atoms. The number of carbonyl (C=O) groups is 1. The minimum atomic E-state index is 0.0678.